The zero-order chi connectivity index (χ0) is 31.5. The Labute approximate surface area is 260 Å². The molecule has 0 radical (unpaired) electrons. The second kappa shape index (κ2) is 13.1. The number of nitrogens with zero attached hydrogens (tertiary/aromatic N) is 5. The van der Waals surface area contributed by atoms with Gasteiger partial charge in [0.15, 0.2) is 17.3 Å². The molecular formula is C34H37FN8O2. The van der Waals surface area contributed by atoms with E-state index in [1.165, 1.54) is 0 Å². The van der Waals surface area contributed by atoms with Gasteiger partial charge < -0.3 is 21.1 Å². The van der Waals surface area contributed by atoms with Crippen LogP contribution in [0, 0.1) is 5.92 Å². The van der Waals surface area contributed by atoms with Crippen LogP contribution in [0.2, 0.25) is 0 Å². The van der Waals surface area contributed by atoms with Crippen molar-refractivity contribution in [3.63, 3.8) is 0 Å². The van der Waals surface area contributed by atoms with Gasteiger partial charge in [0.05, 0.1) is 18.0 Å². The van der Waals surface area contributed by atoms with E-state index in [4.69, 9.17) is 15.0 Å². The molecule has 1 aliphatic rings. The molecular weight excluding hydrogens is 571 g/mol. The van der Waals surface area contributed by atoms with Gasteiger partial charge in [-0.25, -0.2) is 4.39 Å². The highest BCUT2D eigenvalue weighted by atomic mass is 19.1. The first-order valence-electron chi connectivity index (χ1n) is 15.2. The lowest BCUT2D eigenvalue weighted by Gasteiger charge is -2.28. The van der Waals surface area contributed by atoms with Crippen LogP contribution in [-0.4, -0.2) is 61.2 Å². The number of Topliss-reactive ketones (excluding diaryl/α,β-unsaturated/α-hetero) is 1. The number of halogens is 1. The van der Waals surface area contributed by atoms with E-state index in [1.807, 2.05) is 54.7 Å². The monoisotopic (exact) mass is 608 g/mol. The number of benzene rings is 2. The summed E-state index contributed by atoms with van der Waals surface area (Å²) in [4.78, 5) is 26.2. The molecule has 0 unspecified atom stereocenters. The maximum Gasteiger partial charge on any atom is 0.229 e. The second-order valence-electron chi connectivity index (χ2n) is 11.8. The number of allylic oxidation sites excluding steroid dienone is 1. The highest BCUT2D eigenvalue weighted by Crippen LogP contribution is 2.31. The summed E-state index contributed by atoms with van der Waals surface area (Å²) in [7, 11) is 0. The SMILES string of the molecule is C=C(F)C(=O)Cc1ccc2c(-c3ccccc3CNc3nc(NC[C@@H]4CCNC[C@H]4O)nc4c(C(C)C)cnn34)nccc2c1. The number of rotatable bonds is 11. The normalized spacial score (nSPS) is 16.7. The summed E-state index contributed by atoms with van der Waals surface area (Å²) in [6, 6.07) is 15.6. The molecule has 11 heteroatoms. The van der Waals surface area contributed by atoms with E-state index >= 15 is 0 Å². The summed E-state index contributed by atoms with van der Waals surface area (Å²) in [5.74, 6) is -0.211. The number of nitrogens with one attached hydrogen (secondary N) is 3. The van der Waals surface area contributed by atoms with Crippen molar-refractivity contribution in [3.05, 3.63) is 90.0 Å². The van der Waals surface area contributed by atoms with Crippen molar-refractivity contribution in [2.24, 2.45) is 5.92 Å². The number of pyridine rings is 1. The predicted octanol–water partition coefficient (Wildman–Crippen LogP) is 5.05. The summed E-state index contributed by atoms with van der Waals surface area (Å²) in [5, 5.41) is 26.9. The van der Waals surface area contributed by atoms with Crippen LogP contribution >= 0.6 is 0 Å². The van der Waals surface area contributed by atoms with Gasteiger partial charge in [0.1, 0.15) is 0 Å². The fraction of sp³-hybridized carbons (Fsp3) is 0.324. The van der Waals surface area contributed by atoms with E-state index < -0.39 is 17.7 Å². The van der Waals surface area contributed by atoms with Gasteiger partial charge in [0, 0.05) is 54.7 Å². The number of fused-ring (bicyclic) bond motifs is 2. The molecule has 2 atom stereocenters. The summed E-state index contributed by atoms with van der Waals surface area (Å²) >= 11 is 0. The van der Waals surface area contributed by atoms with Gasteiger partial charge in [0.25, 0.3) is 0 Å². The van der Waals surface area contributed by atoms with Crippen LogP contribution in [0.3, 0.4) is 0 Å². The third-order valence-electron chi connectivity index (χ3n) is 8.33. The molecule has 4 heterocycles. The Morgan fingerprint density at radius 3 is 2.82 bits per heavy atom. The van der Waals surface area contributed by atoms with E-state index in [0.29, 0.717) is 37.1 Å². The maximum atomic E-state index is 13.3. The van der Waals surface area contributed by atoms with Crippen molar-refractivity contribution in [3.8, 4) is 11.3 Å². The molecule has 2 aromatic carbocycles. The van der Waals surface area contributed by atoms with E-state index in [1.54, 1.807) is 10.7 Å². The minimum atomic E-state index is -0.938. The molecule has 1 fully saturated rings. The summed E-state index contributed by atoms with van der Waals surface area (Å²) in [6.07, 6.45) is 3.98. The minimum absolute atomic E-state index is 0.0436. The first-order valence-corrected chi connectivity index (χ1v) is 15.2. The number of aliphatic hydroxyl groups is 1. The van der Waals surface area contributed by atoms with E-state index in [2.05, 4.69) is 41.5 Å². The van der Waals surface area contributed by atoms with Crippen molar-refractivity contribution in [2.75, 3.05) is 30.3 Å². The van der Waals surface area contributed by atoms with Gasteiger partial charge in [-0.1, -0.05) is 62.9 Å². The van der Waals surface area contributed by atoms with Crippen LogP contribution in [0.5, 0.6) is 0 Å². The lowest BCUT2D eigenvalue weighted by atomic mass is 9.95. The topological polar surface area (TPSA) is 129 Å². The average Bonchev–Trinajstić information content (AvgIpc) is 3.48. The molecule has 0 amide bonds. The third kappa shape index (κ3) is 6.54. The van der Waals surface area contributed by atoms with Crippen LogP contribution < -0.4 is 16.0 Å². The molecule has 3 aromatic heterocycles. The number of hydrogen-bond acceptors (Lipinski definition) is 9. The standard InChI is InChI=1S/C34H37FN8O2/c1-20(2)28-18-40-43-32(28)41-33(38-17-25-10-12-36-19-30(25)45)42-34(43)39-16-24-6-4-5-7-26(24)31-27-9-8-22(15-29(44)21(3)35)14-23(27)11-13-37-31/h4-9,11,13-14,18,20,25,30,36,45H,3,10,12,15-17,19H2,1-2H3,(H2,38,39,41,42)/t25-,30+/m0/s1. The zero-order valence-corrected chi connectivity index (χ0v) is 25.4. The lowest BCUT2D eigenvalue weighted by Crippen LogP contribution is -2.43. The smallest absolute Gasteiger partial charge is 0.229 e. The molecule has 5 aromatic rings. The first-order chi connectivity index (χ1) is 21.8. The van der Waals surface area contributed by atoms with Gasteiger partial charge in [-0.3, -0.25) is 9.78 Å². The van der Waals surface area contributed by atoms with E-state index in [-0.39, 0.29) is 18.3 Å². The quantitative estimate of drug-likeness (QED) is 0.152. The van der Waals surface area contributed by atoms with Crippen molar-refractivity contribution in [1.29, 1.82) is 0 Å². The maximum absolute atomic E-state index is 13.3. The molecule has 45 heavy (non-hydrogen) atoms. The summed E-state index contributed by atoms with van der Waals surface area (Å²) in [6.45, 7) is 9.80. The fourth-order valence-electron chi connectivity index (χ4n) is 5.77. The Balaban J connectivity index is 1.29. The Kier molecular flexibility index (Phi) is 8.81. The Morgan fingerprint density at radius 1 is 1.18 bits per heavy atom. The Morgan fingerprint density at radius 2 is 2.02 bits per heavy atom. The molecule has 4 N–H and O–H groups in total. The van der Waals surface area contributed by atoms with E-state index in [0.717, 1.165) is 51.8 Å². The molecule has 232 valence electrons. The largest absolute Gasteiger partial charge is 0.391 e. The number of hydrogen-bond donors (Lipinski definition) is 4. The summed E-state index contributed by atoms with van der Waals surface area (Å²) in [5.41, 5.74) is 5.21. The molecule has 1 saturated heterocycles. The van der Waals surface area contributed by atoms with Gasteiger partial charge >= 0.3 is 0 Å². The zero-order valence-electron chi connectivity index (χ0n) is 25.4. The van der Waals surface area contributed by atoms with Gasteiger partial charge in [-0.15, -0.1) is 0 Å². The Bertz CT molecular complexity index is 1870. The highest BCUT2D eigenvalue weighted by molar-refractivity contribution is 5.98. The van der Waals surface area contributed by atoms with Crippen LogP contribution in [0.25, 0.3) is 27.7 Å². The second-order valence-corrected chi connectivity index (χ2v) is 11.8. The van der Waals surface area contributed by atoms with Crippen LogP contribution in [-0.2, 0) is 17.8 Å². The Hall–Kier alpha value is -4.74. The number of aliphatic hydroxyl groups excluding tert-OH is 1. The summed E-state index contributed by atoms with van der Waals surface area (Å²) < 4.78 is 15.0. The number of carbonyl (C=O) groups excluding carboxylic acids is 1. The first kappa shape index (κ1) is 30.3. The van der Waals surface area contributed by atoms with Gasteiger partial charge in [0.2, 0.25) is 11.9 Å². The van der Waals surface area contributed by atoms with Crippen LogP contribution in [0.4, 0.5) is 16.3 Å². The molecule has 0 spiro atoms. The molecule has 0 saturated carbocycles. The molecule has 1 aliphatic heterocycles. The van der Waals surface area contributed by atoms with Crippen molar-refractivity contribution in [2.45, 2.75) is 45.3 Å². The number of piperidine rings is 1. The number of anilines is 2. The molecule has 0 aliphatic carbocycles. The lowest BCUT2D eigenvalue weighted by molar-refractivity contribution is -0.116. The van der Waals surface area contributed by atoms with Crippen molar-refractivity contribution in [1.82, 2.24) is 29.9 Å². The number of aromatic nitrogens is 5. The van der Waals surface area contributed by atoms with E-state index in [9.17, 15) is 14.3 Å². The van der Waals surface area contributed by atoms with Gasteiger partial charge in [-0.2, -0.15) is 19.6 Å². The van der Waals surface area contributed by atoms with Crippen molar-refractivity contribution >= 4 is 34.1 Å². The molecule has 0 bridgehead atoms. The van der Waals surface area contributed by atoms with Crippen molar-refractivity contribution < 1.29 is 14.3 Å². The molecule has 10 nitrogen and oxygen atoms in total. The van der Waals surface area contributed by atoms with Crippen LogP contribution in [0.15, 0.2) is 73.3 Å². The van der Waals surface area contributed by atoms with Crippen LogP contribution in [0.1, 0.15) is 42.9 Å². The van der Waals surface area contributed by atoms with Gasteiger partial charge in [-0.05, 0) is 41.5 Å². The third-order valence-corrected chi connectivity index (χ3v) is 8.33. The highest BCUT2D eigenvalue weighted by Gasteiger charge is 2.23. The predicted molar refractivity (Wildman–Crippen MR) is 174 cm³/mol. The number of β-amino-alcohol motifs (C(OH)–C–C–N with tert-alkyl or cyclic N) is 1. The average molecular weight is 609 g/mol. The minimum Gasteiger partial charge on any atom is -0.391 e. The fourth-order valence-corrected chi connectivity index (χ4v) is 5.77. The molecule has 6 rings (SSSR count). The number of ketones is 1. The number of carbonyl (C=O) groups is 1.